The first-order valence-electron chi connectivity index (χ1n) is 8.53. The molecule has 2 N–H and O–H groups in total. The molecule has 0 aliphatic carbocycles. The number of phenols is 1. The lowest BCUT2D eigenvalue weighted by Crippen LogP contribution is -2.17. The molecule has 0 fully saturated rings. The van der Waals surface area contributed by atoms with Gasteiger partial charge in [0.1, 0.15) is 11.5 Å². The maximum Gasteiger partial charge on any atom is 0.343 e. The van der Waals surface area contributed by atoms with E-state index in [1.807, 2.05) is 19.1 Å². The summed E-state index contributed by atoms with van der Waals surface area (Å²) in [7, 11) is 0. The number of carbonyl (C=O) groups is 2. The van der Waals surface area contributed by atoms with Crippen molar-refractivity contribution in [2.75, 3.05) is 0 Å². The van der Waals surface area contributed by atoms with Gasteiger partial charge in [0.05, 0.1) is 17.3 Å². The summed E-state index contributed by atoms with van der Waals surface area (Å²) in [6.07, 6.45) is 1.45. The van der Waals surface area contributed by atoms with Gasteiger partial charge in [-0.05, 0) is 61.0 Å². The molecule has 0 aliphatic rings. The van der Waals surface area contributed by atoms with E-state index in [4.69, 9.17) is 4.74 Å². The van der Waals surface area contributed by atoms with Crippen LogP contribution in [0.2, 0.25) is 0 Å². The second kappa shape index (κ2) is 8.64. The first kappa shape index (κ1) is 18.8. The average Bonchev–Trinajstić information content (AvgIpc) is 2.70. The zero-order valence-electron chi connectivity index (χ0n) is 15.1. The van der Waals surface area contributed by atoms with Crippen molar-refractivity contribution < 1.29 is 19.4 Å². The highest BCUT2D eigenvalue weighted by atomic mass is 16.5. The number of carbonyl (C=O) groups excluding carboxylic acids is 2. The van der Waals surface area contributed by atoms with Crippen LogP contribution in [0, 0.1) is 6.92 Å². The summed E-state index contributed by atoms with van der Waals surface area (Å²) in [5.41, 5.74) is 4.72. The quantitative estimate of drug-likeness (QED) is 0.309. The Morgan fingerprint density at radius 1 is 0.964 bits per heavy atom. The Labute approximate surface area is 162 Å². The first-order chi connectivity index (χ1) is 13.5. The standard InChI is InChI=1S/C22H18N2O4/c1-15-6-10-17(11-7-15)22(27)28-18-12-8-16(9-13-18)14-23-24-21(26)19-4-2-3-5-20(19)25/h2-14,25H,1H3,(H,24,26)/b23-14+. The molecule has 0 spiro atoms. The Hall–Kier alpha value is -3.93. The Kier molecular flexibility index (Phi) is 5.81. The lowest BCUT2D eigenvalue weighted by Gasteiger charge is -2.05. The molecule has 140 valence electrons. The number of ether oxygens (including phenoxy) is 1. The zero-order valence-corrected chi connectivity index (χ0v) is 15.1. The minimum Gasteiger partial charge on any atom is -0.507 e. The van der Waals surface area contributed by atoms with Crippen LogP contribution in [-0.2, 0) is 0 Å². The smallest absolute Gasteiger partial charge is 0.343 e. The third kappa shape index (κ3) is 4.82. The first-order valence-corrected chi connectivity index (χ1v) is 8.53. The van der Waals surface area contributed by atoms with Crippen molar-refractivity contribution in [3.05, 3.63) is 95.1 Å². The highest BCUT2D eigenvalue weighted by molar-refractivity contribution is 5.97. The maximum absolute atomic E-state index is 12.1. The van der Waals surface area contributed by atoms with Gasteiger partial charge >= 0.3 is 5.97 Å². The summed E-state index contributed by atoms with van der Waals surface area (Å²) in [6, 6.07) is 20.0. The Morgan fingerprint density at radius 3 is 2.32 bits per heavy atom. The number of benzene rings is 3. The number of hydrogen-bond acceptors (Lipinski definition) is 5. The van der Waals surface area contributed by atoms with E-state index in [0.29, 0.717) is 16.9 Å². The number of para-hydroxylation sites is 1. The number of phenolic OH excluding ortho intramolecular Hbond substituents is 1. The summed E-state index contributed by atoms with van der Waals surface area (Å²) in [5.74, 6) is -0.662. The van der Waals surface area contributed by atoms with E-state index in [1.54, 1.807) is 48.5 Å². The van der Waals surface area contributed by atoms with E-state index >= 15 is 0 Å². The van der Waals surface area contributed by atoms with E-state index in [9.17, 15) is 14.7 Å². The molecule has 0 heterocycles. The summed E-state index contributed by atoms with van der Waals surface area (Å²) in [6.45, 7) is 1.94. The molecule has 0 saturated heterocycles. The minimum atomic E-state index is -0.516. The second-order valence-corrected chi connectivity index (χ2v) is 6.04. The molecule has 3 rings (SSSR count). The number of amides is 1. The number of rotatable bonds is 5. The Balaban J connectivity index is 1.57. The number of nitrogens with one attached hydrogen (secondary N) is 1. The fraction of sp³-hybridized carbons (Fsp3) is 0.0455. The molecule has 0 aliphatic heterocycles. The van der Waals surface area contributed by atoms with Gasteiger partial charge in [-0.25, -0.2) is 10.2 Å². The fourth-order valence-electron chi connectivity index (χ4n) is 2.37. The number of aryl methyl sites for hydroxylation is 1. The van der Waals surface area contributed by atoms with Crippen LogP contribution in [-0.4, -0.2) is 23.2 Å². The van der Waals surface area contributed by atoms with Crippen molar-refractivity contribution in [3.8, 4) is 11.5 Å². The monoisotopic (exact) mass is 374 g/mol. The predicted molar refractivity (Wildman–Crippen MR) is 106 cm³/mol. The van der Waals surface area contributed by atoms with E-state index in [2.05, 4.69) is 10.5 Å². The molecule has 3 aromatic rings. The van der Waals surface area contributed by atoms with Crippen LogP contribution in [0.5, 0.6) is 11.5 Å². The minimum absolute atomic E-state index is 0.116. The van der Waals surface area contributed by atoms with E-state index < -0.39 is 11.9 Å². The van der Waals surface area contributed by atoms with Gasteiger partial charge in [-0.2, -0.15) is 5.10 Å². The third-order valence-electron chi connectivity index (χ3n) is 3.91. The van der Waals surface area contributed by atoms with Crippen LogP contribution in [0.4, 0.5) is 0 Å². The van der Waals surface area contributed by atoms with Gasteiger partial charge in [-0.1, -0.05) is 29.8 Å². The molecular formula is C22H18N2O4. The maximum atomic E-state index is 12.1. The molecule has 1 amide bonds. The molecule has 6 heteroatoms. The lowest BCUT2D eigenvalue weighted by molar-refractivity contribution is 0.0734. The van der Waals surface area contributed by atoms with Gasteiger partial charge in [0.25, 0.3) is 5.91 Å². The molecule has 3 aromatic carbocycles. The second-order valence-electron chi connectivity index (χ2n) is 6.04. The number of hydrogen-bond donors (Lipinski definition) is 2. The SMILES string of the molecule is Cc1ccc(C(=O)Oc2ccc(/C=N/NC(=O)c3ccccc3O)cc2)cc1. The molecule has 0 saturated carbocycles. The van der Waals surface area contributed by atoms with Gasteiger partial charge in [0.15, 0.2) is 0 Å². The molecule has 0 atom stereocenters. The van der Waals surface area contributed by atoms with Gasteiger partial charge in [0.2, 0.25) is 0 Å². The van der Waals surface area contributed by atoms with Gasteiger partial charge < -0.3 is 9.84 Å². The van der Waals surface area contributed by atoms with Crippen molar-refractivity contribution in [2.45, 2.75) is 6.92 Å². The molecule has 0 unspecified atom stereocenters. The molecule has 0 bridgehead atoms. The number of hydrazone groups is 1. The third-order valence-corrected chi connectivity index (χ3v) is 3.91. The van der Waals surface area contributed by atoms with Crippen LogP contribution in [0.1, 0.15) is 31.8 Å². The number of esters is 1. The topological polar surface area (TPSA) is 88.0 Å². The van der Waals surface area contributed by atoms with Crippen molar-refractivity contribution in [1.82, 2.24) is 5.43 Å². The van der Waals surface area contributed by atoms with Gasteiger partial charge in [-0.3, -0.25) is 4.79 Å². The van der Waals surface area contributed by atoms with Gasteiger partial charge in [-0.15, -0.1) is 0 Å². The lowest BCUT2D eigenvalue weighted by atomic mass is 10.1. The molecule has 0 aromatic heterocycles. The van der Waals surface area contributed by atoms with Crippen molar-refractivity contribution in [2.24, 2.45) is 5.10 Å². The summed E-state index contributed by atoms with van der Waals surface area (Å²) >= 11 is 0. The molecule has 28 heavy (non-hydrogen) atoms. The van der Waals surface area contributed by atoms with Crippen molar-refractivity contribution >= 4 is 18.1 Å². The molecule has 0 radical (unpaired) electrons. The zero-order chi connectivity index (χ0) is 19.9. The Morgan fingerprint density at radius 2 is 1.64 bits per heavy atom. The number of nitrogens with zero attached hydrogens (tertiary/aromatic N) is 1. The summed E-state index contributed by atoms with van der Waals surface area (Å²) in [4.78, 5) is 24.0. The highest BCUT2D eigenvalue weighted by Crippen LogP contribution is 2.16. The van der Waals surface area contributed by atoms with Crippen LogP contribution in [0.15, 0.2) is 77.9 Å². The van der Waals surface area contributed by atoms with Crippen LogP contribution < -0.4 is 10.2 Å². The van der Waals surface area contributed by atoms with E-state index in [1.165, 1.54) is 18.3 Å². The van der Waals surface area contributed by atoms with Crippen molar-refractivity contribution in [3.63, 3.8) is 0 Å². The van der Waals surface area contributed by atoms with E-state index in [0.717, 1.165) is 5.56 Å². The van der Waals surface area contributed by atoms with Crippen LogP contribution >= 0.6 is 0 Å². The normalized spacial score (nSPS) is 10.6. The summed E-state index contributed by atoms with van der Waals surface area (Å²) in [5, 5.41) is 13.5. The van der Waals surface area contributed by atoms with Gasteiger partial charge in [0, 0.05) is 0 Å². The largest absolute Gasteiger partial charge is 0.507 e. The summed E-state index contributed by atoms with van der Waals surface area (Å²) < 4.78 is 5.33. The predicted octanol–water partition coefficient (Wildman–Crippen LogP) is 3.68. The van der Waals surface area contributed by atoms with Crippen molar-refractivity contribution in [1.29, 1.82) is 0 Å². The highest BCUT2D eigenvalue weighted by Gasteiger charge is 2.09. The number of aromatic hydroxyl groups is 1. The van der Waals surface area contributed by atoms with Crippen LogP contribution in [0.3, 0.4) is 0 Å². The fourth-order valence-corrected chi connectivity index (χ4v) is 2.37. The van der Waals surface area contributed by atoms with Crippen LogP contribution in [0.25, 0.3) is 0 Å². The molecular weight excluding hydrogens is 356 g/mol. The average molecular weight is 374 g/mol. The molecule has 6 nitrogen and oxygen atoms in total. The Bertz CT molecular complexity index is 1010. The van der Waals surface area contributed by atoms with E-state index in [-0.39, 0.29) is 11.3 Å².